The number of rotatable bonds is 8. The molecule has 0 aliphatic carbocycles. The molecule has 0 aliphatic heterocycles. The SMILES string of the molecule is CCN(C(C)COC)C(C)(CN)Cc1ccc(Br)cc1. The highest BCUT2D eigenvalue weighted by molar-refractivity contribution is 9.10. The maximum atomic E-state index is 6.10. The quantitative estimate of drug-likeness (QED) is 0.788. The number of likely N-dealkylation sites (N-methyl/N-ethyl adjacent to an activating group) is 1. The summed E-state index contributed by atoms with van der Waals surface area (Å²) >= 11 is 3.48. The number of hydrogen-bond acceptors (Lipinski definition) is 3. The summed E-state index contributed by atoms with van der Waals surface area (Å²) < 4.78 is 6.41. The second-order valence-corrected chi connectivity index (χ2v) is 6.51. The molecule has 0 saturated heterocycles. The first kappa shape index (κ1) is 17.6. The van der Waals surface area contributed by atoms with Gasteiger partial charge in [0.15, 0.2) is 0 Å². The Labute approximate surface area is 131 Å². The van der Waals surface area contributed by atoms with Crippen LogP contribution in [0.25, 0.3) is 0 Å². The van der Waals surface area contributed by atoms with Crippen LogP contribution in [0.15, 0.2) is 28.7 Å². The zero-order valence-electron chi connectivity index (χ0n) is 13.0. The van der Waals surface area contributed by atoms with Crippen molar-refractivity contribution in [2.24, 2.45) is 5.73 Å². The Morgan fingerprint density at radius 2 is 1.95 bits per heavy atom. The first-order valence-electron chi connectivity index (χ1n) is 7.17. The summed E-state index contributed by atoms with van der Waals surface area (Å²) in [5.74, 6) is 0. The Morgan fingerprint density at radius 1 is 1.35 bits per heavy atom. The van der Waals surface area contributed by atoms with E-state index in [0.29, 0.717) is 12.6 Å². The fourth-order valence-electron chi connectivity index (χ4n) is 2.89. The second-order valence-electron chi connectivity index (χ2n) is 5.59. The third-order valence-corrected chi connectivity index (χ3v) is 4.44. The largest absolute Gasteiger partial charge is 0.383 e. The Balaban J connectivity index is 2.90. The van der Waals surface area contributed by atoms with Crippen molar-refractivity contribution in [2.75, 3.05) is 26.8 Å². The molecule has 0 saturated carbocycles. The van der Waals surface area contributed by atoms with Gasteiger partial charge in [0.2, 0.25) is 0 Å². The lowest BCUT2D eigenvalue weighted by Crippen LogP contribution is -2.57. The van der Waals surface area contributed by atoms with Crippen LogP contribution in [0, 0.1) is 0 Å². The summed E-state index contributed by atoms with van der Waals surface area (Å²) in [5, 5.41) is 0. The van der Waals surface area contributed by atoms with Gasteiger partial charge in [-0.2, -0.15) is 0 Å². The van der Waals surface area contributed by atoms with E-state index in [4.69, 9.17) is 10.5 Å². The number of nitrogens with two attached hydrogens (primary N) is 1. The van der Waals surface area contributed by atoms with Crippen molar-refractivity contribution in [3.8, 4) is 0 Å². The number of methoxy groups -OCH3 is 1. The molecule has 20 heavy (non-hydrogen) atoms. The fraction of sp³-hybridized carbons (Fsp3) is 0.625. The molecule has 0 aromatic heterocycles. The molecule has 1 rings (SSSR count). The highest BCUT2D eigenvalue weighted by Gasteiger charge is 2.32. The van der Waals surface area contributed by atoms with Crippen LogP contribution in [-0.2, 0) is 11.2 Å². The van der Waals surface area contributed by atoms with Crippen LogP contribution >= 0.6 is 15.9 Å². The summed E-state index contributed by atoms with van der Waals surface area (Å²) in [6.45, 7) is 8.94. The predicted octanol–water partition coefficient (Wildman–Crippen LogP) is 3.07. The average Bonchev–Trinajstić information content (AvgIpc) is 2.42. The van der Waals surface area contributed by atoms with Crippen molar-refractivity contribution < 1.29 is 4.74 Å². The van der Waals surface area contributed by atoms with Crippen LogP contribution in [-0.4, -0.2) is 43.3 Å². The molecule has 2 unspecified atom stereocenters. The molecule has 1 aromatic rings. The molecule has 4 heteroatoms. The van der Waals surface area contributed by atoms with Gasteiger partial charge in [0, 0.05) is 29.7 Å². The molecule has 0 heterocycles. The summed E-state index contributed by atoms with van der Waals surface area (Å²) in [6, 6.07) is 8.84. The fourth-order valence-corrected chi connectivity index (χ4v) is 3.15. The monoisotopic (exact) mass is 342 g/mol. The lowest BCUT2D eigenvalue weighted by atomic mass is 9.89. The smallest absolute Gasteiger partial charge is 0.0615 e. The average molecular weight is 343 g/mol. The zero-order chi connectivity index (χ0) is 15.2. The number of benzene rings is 1. The normalized spacial score (nSPS) is 16.1. The van der Waals surface area contributed by atoms with Gasteiger partial charge in [0.1, 0.15) is 0 Å². The molecule has 2 atom stereocenters. The minimum absolute atomic E-state index is 0.0550. The van der Waals surface area contributed by atoms with Crippen molar-refractivity contribution in [3.63, 3.8) is 0 Å². The predicted molar refractivity (Wildman–Crippen MR) is 89.0 cm³/mol. The maximum Gasteiger partial charge on any atom is 0.0615 e. The molecule has 114 valence electrons. The van der Waals surface area contributed by atoms with E-state index >= 15 is 0 Å². The lowest BCUT2D eigenvalue weighted by Gasteiger charge is -2.44. The van der Waals surface area contributed by atoms with Crippen LogP contribution in [0.1, 0.15) is 26.3 Å². The molecule has 0 amide bonds. The zero-order valence-corrected chi connectivity index (χ0v) is 14.6. The van der Waals surface area contributed by atoms with Gasteiger partial charge >= 0.3 is 0 Å². The minimum Gasteiger partial charge on any atom is -0.383 e. The number of ether oxygens (including phenoxy) is 1. The standard InChI is InChI=1S/C16H27BrN2O/c1-5-19(13(2)11-20-4)16(3,12-18)10-14-6-8-15(17)9-7-14/h6-9,13H,5,10-12,18H2,1-4H3. The van der Waals surface area contributed by atoms with Crippen molar-refractivity contribution in [2.45, 2.75) is 38.8 Å². The van der Waals surface area contributed by atoms with Gasteiger partial charge < -0.3 is 10.5 Å². The Hall–Kier alpha value is -0.420. The highest BCUT2D eigenvalue weighted by Crippen LogP contribution is 2.23. The summed E-state index contributed by atoms with van der Waals surface area (Å²) in [5.41, 5.74) is 7.36. The minimum atomic E-state index is -0.0550. The number of nitrogens with zero attached hydrogens (tertiary/aromatic N) is 1. The lowest BCUT2D eigenvalue weighted by molar-refractivity contribution is 0.0295. The van der Waals surface area contributed by atoms with E-state index in [2.05, 4.69) is 65.9 Å². The van der Waals surface area contributed by atoms with Crippen molar-refractivity contribution in [1.82, 2.24) is 4.90 Å². The van der Waals surface area contributed by atoms with Crippen LogP contribution in [0.2, 0.25) is 0 Å². The maximum absolute atomic E-state index is 6.10. The van der Waals surface area contributed by atoms with E-state index in [-0.39, 0.29) is 5.54 Å². The number of hydrogen-bond donors (Lipinski definition) is 1. The van der Waals surface area contributed by atoms with Crippen LogP contribution in [0.5, 0.6) is 0 Å². The van der Waals surface area contributed by atoms with E-state index in [0.717, 1.165) is 24.0 Å². The van der Waals surface area contributed by atoms with Crippen molar-refractivity contribution in [1.29, 1.82) is 0 Å². The second kappa shape index (κ2) is 8.13. The van der Waals surface area contributed by atoms with Gasteiger partial charge in [-0.1, -0.05) is 35.0 Å². The molecule has 0 aliphatic rings. The molecule has 3 nitrogen and oxygen atoms in total. The number of halogens is 1. The molecule has 0 fully saturated rings. The van der Waals surface area contributed by atoms with E-state index in [1.54, 1.807) is 7.11 Å². The van der Waals surface area contributed by atoms with E-state index in [1.807, 2.05) is 0 Å². The third-order valence-electron chi connectivity index (χ3n) is 3.91. The van der Waals surface area contributed by atoms with Gasteiger partial charge in [-0.25, -0.2) is 0 Å². The van der Waals surface area contributed by atoms with Gasteiger partial charge in [-0.3, -0.25) is 4.90 Å². The summed E-state index contributed by atoms with van der Waals surface area (Å²) in [4.78, 5) is 2.44. The molecule has 0 radical (unpaired) electrons. The summed E-state index contributed by atoms with van der Waals surface area (Å²) in [6.07, 6.45) is 0.943. The van der Waals surface area contributed by atoms with Crippen LogP contribution in [0.3, 0.4) is 0 Å². The Kier molecular flexibility index (Phi) is 7.17. The van der Waals surface area contributed by atoms with E-state index in [9.17, 15) is 0 Å². The molecule has 0 bridgehead atoms. The highest BCUT2D eigenvalue weighted by atomic mass is 79.9. The van der Waals surface area contributed by atoms with Crippen molar-refractivity contribution >= 4 is 15.9 Å². The van der Waals surface area contributed by atoms with Gasteiger partial charge in [0.25, 0.3) is 0 Å². The van der Waals surface area contributed by atoms with Gasteiger partial charge in [-0.15, -0.1) is 0 Å². The van der Waals surface area contributed by atoms with Gasteiger partial charge in [0.05, 0.1) is 6.61 Å². The van der Waals surface area contributed by atoms with Crippen LogP contribution < -0.4 is 5.73 Å². The molecule has 0 spiro atoms. The third kappa shape index (κ3) is 4.55. The Morgan fingerprint density at radius 3 is 2.40 bits per heavy atom. The topological polar surface area (TPSA) is 38.5 Å². The Bertz CT molecular complexity index is 396. The first-order valence-corrected chi connectivity index (χ1v) is 7.96. The summed E-state index contributed by atoms with van der Waals surface area (Å²) in [7, 11) is 1.75. The van der Waals surface area contributed by atoms with Gasteiger partial charge in [-0.05, 0) is 44.5 Å². The molecular formula is C16H27BrN2O. The molecule has 1 aromatic carbocycles. The first-order chi connectivity index (χ1) is 9.46. The van der Waals surface area contributed by atoms with Crippen molar-refractivity contribution in [3.05, 3.63) is 34.3 Å². The molecule has 2 N–H and O–H groups in total. The van der Waals surface area contributed by atoms with Crippen LogP contribution in [0.4, 0.5) is 0 Å². The molecular weight excluding hydrogens is 316 g/mol. The van der Waals surface area contributed by atoms with E-state index < -0.39 is 0 Å². The van der Waals surface area contributed by atoms with E-state index in [1.165, 1.54) is 5.56 Å².